The number of ether oxygens (including phenoxy) is 1. The number of hydrogen-bond acceptors (Lipinski definition) is 6. The maximum atomic E-state index is 13.4. The quantitative estimate of drug-likeness (QED) is 0.563. The highest BCUT2D eigenvalue weighted by Crippen LogP contribution is 2.31. The molecule has 3 heterocycles. The van der Waals surface area contributed by atoms with E-state index in [-0.39, 0.29) is 12.5 Å². The number of piperazine rings is 1. The summed E-state index contributed by atoms with van der Waals surface area (Å²) in [7, 11) is 1.63. The van der Waals surface area contributed by atoms with Gasteiger partial charge < -0.3 is 9.64 Å². The zero-order chi connectivity index (χ0) is 23.5. The maximum absolute atomic E-state index is 13.4. The zero-order valence-electron chi connectivity index (χ0n) is 20.0. The third-order valence-electron chi connectivity index (χ3n) is 6.79. The van der Waals surface area contributed by atoms with Gasteiger partial charge in [-0.1, -0.05) is 31.2 Å². The number of nitrogens with zero attached hydrogens (tertiary/aromatic N) is 6. The van der Waals surface area contributed by atoms with Crippen molar-refractivity contribution in [1.82, 2.24) is 29.5 Å². The van der Waals surface area contributed by atoms with Gasteiger partial charge in [0.25, 0.3) is 11.9 Å². The molecule has 0 N–H and O–H groups in total. The molecule has 0 unspecified atom stereocenters. The largest absolute Gasteiger partial charge is 0.378 e. The molecule has 1 aliphatic carbocycles. The van der Waals surface area contributed by atoms with Crippen LogP contribution in [0.5, 0.6) is 0 Å². The molecule has 2 aromatic heterocycles. The van der Waals surface area contributed by atoms with Crippen LogP contribution >= 0.6 is 0 Å². The van der Waals surface area contributed by atoms with E-state index in [4.69, 9.17) is 9.72 Å². The smallest absolute Gasteiger partial charge is 0.257 e. The third-order valence-corrected chi connectivity index (χ3v) is 6.79. The number of methoxy groups -OCH3 is 1. The summed E-state index contributed by atoms with van der Waals surface area (Å²) in [4.78, 5) is 27.3. The Morgan fingerprint density at radius 3 is 2.65 bits per heavy atom. The first-order valence-electron chi connectivity index (χ1n) is 12.2. The molecule has 0 spiro atoms. The Morgan fingerprint density at radius 1 is 1.06 bits per heavy atom. The van der Waals surface area contributed by atoms with Crippen LogP contribution < -0.4 is 0 Å². The van der Waals surface area contributed by atoms with E-state index in [0.29, 0.717) is 17.2 Å². The molecule has 1 saturated heterocycles. The highest BCUT2D eigenvalue weighted by atomic mass is 16.5. The summed E-state index contributed by atoms with van der Waals surface area (Å²) in [6.45, 7) is 6.78. The van der Waals surface area contributed by atoms with E-state index in [0.717, 1.165) is 75.2 Å². The monoisotopic (exact) mass is 460 g/mol. The fourth-order valence-electron chi connectivity index (χ4n) is 5.02. The number of fused-ring (bicyclic) bond motifs is 3. The fourth-order valence-corrected chi connectivity index (χ4v) is 5.02. The lowest BCUT2D eigenvalue weighted by Gasteiger charge is -2.34. The van der Waals surface area contributed by atoms with Gasteiger partial charge >= 0.3 is 0 Å². The van der Waals surface area contributed by atoms with Gasteiger partial charge in [0.15, 0.2) is 0 Å². The Hall–Kier alpha value is -3.10. The minimum atomic E-state index is -0.00504. The highest BCUT2D eigenvalue weighted by molar-refractivity contribution is 5.95. The standard InChI is InChI=1S/C26H32N6O2/c1-3-11-30-12-14-31(15-13-30)25(33)22-17-28-32(23(22)18-34-2)26-27-16-20-9-6-8-19-7-4-5-10-21(19)24(20)29-26/h4-5,7,10,16-17H,3,6,8-9,11-15,18H2,1-2H3. The molecule has 0 atom stereocenters. The normalized spacial score (nSPS) is 16.1. The van der Waals surface area contributed by atoms with Crippen molar-refractivity contribution in [3.63, 3.8) is 0 Å². The number of aromatic nitrogens is 4. The lowest BCUT2D eigenvalue weighted by Crippen LogP contribution is -2.48. The summed E-state index contributed by atoms with van der Waals surface area (Å²) < 4.78 is 7.13. The van der Waals surface area contributed by atoms with Crippen LogP contribution in [0.3, 0.4) is 0 Å². The first kappa shape index (κ1) is 22.7. The number of aryl methyl sites for hydroxylation is 2. The van der Waals surface area contributed by atoms with Crippen molar-refractivity contribution >= 4 is 5.91 Å². The second kappa shape index (κ2) is 10.0. The molecule has 8 heteroatoms. The van der Waals surface area contributed by atoms with Crippen molar-refractivity contribution in [2.75, 3.05) is 39.8 Å². The van der Waals surface area contributed by atoms with E-state index in [1.54, 1.807) is 18.0 Å². The van der Waals surface area contributed by atoms with Crippen LogP contribution in [-0.2, 0) is 24.2 Å². The Kier molecular flexibility index (Phi) is 6.69. The topological polar surface area (TPSA) is 76.4 Å². The Bertz CT molecular complexity index is 1170. The SMILES string of the molecule is CCCN1CCN(C(=O)c2cnn(-c3ncc4c(n3)-c3ccccc3CCC4)c2COC)CC1. The van der Waals surface area contributed by atoms with Crippen LogP contribution in [0.15, 0.2) is 36.7 Å². The Morgan fingerprint density at radius 2 is 1.85 bits per heavy atom. The van der Waals surface area contributed by atoms with Gasteiger partial charge in [-0.05, 0) is 43.4 Å². The van der Waals surface area contributed by atoms with Gasteiger partial charge in [0.1, 0.15) is 0 Å². The number of carbonyl (C=O) groups is 1. The molecule has 2 aliphatic rings. The predicted octanol–water partition coefficient (Wildman–Crippen LogP) is 3.13. The molecule has 0 bridgehead atoms. The van der Waals surface area contributed by atoms with Gasteiger partial charge in [0, 0.05) is 45.0 Å². The van der Waals surface area contributed by atoms with Crippen molar-refractivity contribution in [2.24, 2.45) is 0 Å². The van der Waals surface area contributed by atoms with E-state index < -0.39 is 0 Å². The van der Waals surface area contributed by atoms with E-state index in [1.165, 1.54) is 5.56 Å². The van der Waals surface area contributed by atoms with Crippen LogP contribution in [0.2, 0.25) is 0 Å². The van der Waals surface area contributed by atoms with Crippen molar-refractivity contribution < 1.29 is 9.53 Å². The van der Waals surface area contributed by atoms with E-state index in [9.17, 15) is 4.79 Å². The van der Waals surface area contributed by atoms with Crippen molar-refractivity contribution in [3.05, 3.63) is 59.0 Å². The number of hydrogen-bond donors (Lipinski definition) is 0. The average Bonchev–Trinajstić information content (AvgIpc) is 3.19. The minimum Gasteiger partial charge on any atom is -0.378 e. The van der Waals surface area contributed by atoms with Crippen LogP contribution in [0, 0.1) is 0 Å². The van der Waals surface area contributed by atoms with Gasteiger partial charge in [-0.25, -0.2) is 9.97 Å². The summed E-state index contributed by atoms with van der Waals surface area (Å²) in [5.74, 6) is 0.462. The molecule has 34 heavy (non-hydrogen) atoms. The summed E-state index contributed by atoms with van der Waals surface area (Å²) in [5.41, 5.74) is 5.81. The number of amides is 1. The number of carbonyl (C=O) groups excluding carboxylic acids is 1. The van der Waals surface area contributed by atoms with Crippen molar-refractivity contribution in [2.45, 2.75) is 39.2 Å². The fraction of sp³-hybridized carbons (Fsp3) is 0.462. The second-order valence-corrected chi connectivity index (χ2v) is 9.04. The highest BCUT2D eigenvalue weighted by Gasteiger charge is 2.27. The first-order chi connectivity index (χ1) is 16.7. The lowest BCUT2D eigenvalue weighted by atomic mass is 10.0. The van der Waals surface area contributed by atoms with Crippen LogP contribution in [-0.4, -0.2) is 75.3 Å². The summed E-state index contributed by atoms with van der Waals surface area (Å²) in [6.07, 6.45) is 7.73. The molecular weight excluding hydrogens is 428 g/mol. The molecule has 1 fully saturated rings. The molecule has 8 nitrogen and oxygen atoms in total. The van der Waals surface area contributed by atoms with Gasteiger partial charge in [-0.3, -0.25) is 9.69 Å². The first-order valence-corrected chi connectivity index (χ1v) is 12.2. The summed E-state index contributed by atoms with van der Waals surface area (Å²) in [6, 6.07) is 8.43. The Balaban J connectivity index is 1.47. The molecule has 3 aromatic rings. The number of rotatable bonds is 6. The van der Waals surface area contributed by atoms with Gasteiger partial charge in [-0.15, -0.1) is 0 Å². The Labute approximate surface area is 200 Å². The second-order valence-electron chi connectivity index (χ2n) is 9.04. The summed E-state index contributed by atoms with van der Waals surface area (Å²) in [5, 5.41) is 4.55. The van der Waals surface area contributed by atoms with Gasteiger partial charge in [0.05, 0.1) is 29.8 Å². The zero-order valence-corrected chi connectivity index (χ0v) is 20.0. The molecule has 0 radical (unpaired) electrons. The van der Waals surface area contributed by atoms with E-state index in [2.05, 4.69) is 46.2 Å². The van der Waals surface area contributed by atoms with Gasteiger partial charge in [-0.2, -0.15) is 9.78 Å². The molecule has 0 saturated carbocycles. The minimum absolute atomic E-state index is 0.00504. The number of benzene rings is 1. The van der Waals surface area contributed by atoms with Gasteiger partial charge in [0.2, 0.25) is 0 Å². The van der Waals surface area contributed by atoms with E-state index >= 15 is 0 Å². The van der Waals surface area contributed by atoms with Crippen molar-refractivity contribution in [3.8, 4) is 17.2 Å². The maximum Gasteiger partial charge on any atom is 0.257 e. The van der Waals surface area contributed by atoms with Crippen LogP contribution in [0.25, 0.3) is 17.2 Å². The van der Waals surface area contributed by atoms with Crippen LogP contribution in [0.1, 0.15) is 46.9 Å². The lowest BCUT2D eigenvalue weighted by molar-refractivity contribution is 0.0633. The van der Waals surface area contributed by atoms with E-state index in [1.807, 2.05) is 11.1 Å². The summed E-state index contributed by atoms with van der Waals surface area (Å²) >= 11 is 0. The predicted molar refractivity (Wildman–Crippen MR) is 130 cm³/mol. The molecule has 178 valence electrons. The molecule has 5 rings (SSSR count). The van der Waals surface area contributed by atoms with Crippen LogP contribution in [0.4, 0.5) is 0 Å². The molecule has 1 aliphatic heterocycles. The molecule has 1 aromatic carbocycles. The molecular formula is C26H32N6O2. The third kappa shape index (κ3) is 4.35. The van der Waals surface area contributed by atoms with Crippen molar-refractivity contribution in [1.29, 1.82) is 0 Å². The molecule has 1 amide bonds. The average molecular weight is 461 g/mol.